The summed E-state index contributed by atoms with van der Waals surface area (Å²) in [6, 6.07) is 2.93. The Morgan fingerprint density at radius 1 is 1.47 bits per heavy atom. The number of aliphatic carboxylic acids is 1. The van der Waals surface area contributed by atoms with Crippen LogP contribution in [0.1, 0.15) is 12.5 Å². The summed E-state index contributed by atoms with van der Waals surface area (Å²) >= 11 is 0. The van der Waals surface area contributed by atoms with Gasteiger partial charge < -0.3 is 14.7 Å². The second kappa shape index (κ2) is 6.17. The van der Waals surface area contributed by atoms with Crippen LogP contribution in [0.25, 0.3) is 0 Å². The molecule has 0 saturated heterocycles. The van der Waals surface area contributed by atoms with Crippen molar-refractivity contribution in [3.05, 3.63) is 29.6 Å². The third-order valence-electron chi connectivity index (χ3n) is 2.92. The molecule has 0 saturated carbocycles. The van der Waals surface area contributed by atoms with Crippen LogP contribution in [0.4, 0.5) is 4.39 Å². The first kappa shape index (κ1) is 14.9. The molecule has 1 aromatic rings. The second-order valence-electron chi connectivity index (χ2n) is 4.15. The highest BCUT2D eigenvalue weighted by Gasteiger charge is 2.22. The first-order chi connectivity index (χ1) is 8.86. The third-order valence-corrected chi connectivity index (χ3v) is 2.92. The third kappa shape index (κ3) is 3.67. The summed E-state index contributed by atoms with van der Waals surface area (Å²) in [7, 11) is 2.82. The Kier molecular flexibility index (Phi) is 4.86. The van der Waals surface area contributed by atoms with Gasteiger partial charge in [0.15, 0.2) is 0 Å². The van der Waals surface area contributed by atoms with E-state index in [9.17, 15) is 14.0 Å². The summed E-state index contributed by atoms with van der Waals surface area (Å²) in [6.45, 7) is 1.41. The molecule has 0 aliphatic heterocycles. The summed E-state index contributed by atoms with van der Waals surface area (Å²) in [5.74, 6) is -1.59. The molecule has 0 aliphatic carbocycles. The second-order valence-corrected chi connectivity index (χ2v) is 4.15. The van der Waals surface area contributed by atoms with Crippen LogP contribution in [-0.2, 0) is 16.0 Å². The van der Waals surface area contributed by atoms with Crippen LogP contribution in [0.5, 0.6) is 5.75 Å². The van der Waals surface area contributed by atoms with E-state index in [2.05, 4.69) is 0 Å². The summed E-state index contributed by atoms with van der Waals surface area (Å²) in [4.78, 5) is 23.8. The summed E-state index contributed by atoms with van der Waals surface area (Å²) in [5, 5.41) is 8.83. The maximum atomic E-state index is 13.1. The number of hydrogen-bond acceptors (Lipinski definition) is 3. The van der Waals surface area contributed by atoms with Crippen molar-refractivity contribution < 1.29 is 23.8 Å². The lowest BCUT2D eigenvalue weighted by atomic mass is 10.1. The Morgan fingerprint density at radius 2 is 2.11 bits per heavy atom. The van der Waals surface area contributed by atoms with E-state index in [-0.39, 0.29) is 6.42 Å². The van der Waals surface area contributed by atoms with Crippen LogP contribution in [-0.4, -0.2) is 42.1 Å². The number of ether oxygens (including phenoxy) is 1. The Bertz CT molecular complexity index is 490. The Morgan fingerprint density at radius 3 is 2.63 bits per heavy atom. The zero-order valence-corrected chi connectivity index (χ0v) is 11.0. The highest BCUT2D eigenvalue weighted by molar-refractivity contribution is 5.84. The number of halogens is 1. The summed E-state index contributed by atoms with van der Waals surface area (Å²) in [6.07, 6.45) is -0.116. The molecular formula is C13H16FNO4. The molecule has 1 atom stereocenters. The minimum absolute atomic E-state index is 0.116. The molecule has 6 heteroatoms. The topological polar surface area (TPSA) is 66.8 Å². The van der Waals surface area contributed by atoms with Gasteiger partial charge in [-0.05, 0) is 25.1 Å². The zero-order chi connectivity index (χ0) is 14.6. The first-order valence-corrected chi connectivity index (χ1v) is 5.67. The molecule has 5 nitrogen and oxygen atoms in total. The van der Waals surface area contributed by atoms with E-state index in [0.29, 0.717) is 11.3 Å². The molecule has 0 heterocycles. The predicted molar refractivity (Wildman–Crippen MR) is 66.5 cm³/mol. The highest BCUT2D eigenvalue weighted by Crippen LogP contribution is 2.20. The Balaban J connectivity index is 2.87. The van der Waals surface area contributed by atoms with Gasteiger partial charge in [-0.1, -0.05) is 0 Å². The molecule has 0 spiro atoms. The molecule has 104 valence electrons. The molecule has 1 amide bonds. The van der Waals surface area contributed by atoms with E-state index < -0.39 is 23.7 Å². The molecule has 1 unspecified atom stereocenters. The van der Waals surface area contributed by atoms with E-state index in [1.165, 1.54) is 39.3 Å². The average Bonchev–Trinajstić information content (AvgIpc) is 2.37. The van der Waals surface area contributed by atoms with Gasteiger partial charge in [0.25, 0.3) is 0 Å². The zero-order valence-electron chi connectivity index (χ0n) is 11.0. The van der Waals surface area contributed by atoms with Gasteiger partial charge in [0.05, 0.1) is 13.5 Å². The fraction of sp³-hybridized carbons (Fsp3) is 0.385. The van der Waals surface area contributed by atoms with Crippen molar-refractivity contribution in [1.29, 1.82) is 0 Å². The van der Waals surface area contributed by atoms with Gasteiger partial charge in [-0.3, -0.25) is 4.79 Å². The molecule has 1 N–H and O–H groups in total. The molecule has 0 bridgehead atoms. The number of nitrogens with zero attached hydrogens (tertiary/aromatic N) is 1. The predicted octanol–water partition coefficient (Wildman–Crippen LogP) is 1.31. The molecule has 0 aliphatic rings. The van der Waals surface area contributed by atoms with E-state index in [1.54, 1.807) is 0 Å². The lowest BCUT2D eigenvalue weighted by molar-refractivity contribution is -0.148. The number of amides is 1. The molecule has 0 radical (unpaired) electrons. The van der Waals surface area contributed by atoms with Crippen molar-refractivity contribution in [3.63, 3.8) is 0 Å². The number of carboxylic acids is 1. The largest absolute Gasteiger partial charge is 0.496 e. The quantitative estimate of drug-likeness (QED) is 0.875. The lowest BCUT2D eigenvalue weighted by Crippen LogP contribution is -2.41. The van der Waals surface area contributed by atoms with Crippen molar-refractivity contribution in [2.45, 2.75) is 19.4 Å². The molecule has 1 rings (SSSR count). The fourth-order valence-corrected chi connectivity index (χ4v) is 1.55. The number of methoxy groups -OCH3 is 1. The van der Waals surface area contributed by atoms with Crippen LogP contribution in [0.2, 0.25) is 0 Å². The number of likely N-dealkylation sites (N-methyl/N-ethyl adjacent to an activating group) is 1. The monoisotopic (exact) mass is 269 g/mol. The van der Waals surface area contributed by atoms with Crippen molar-refractivity contribution >= 4 is 11.9 Å². The minimum atomic E-state index is -1.10. The average molecular weight is 269 g/mol. The number of carbonyl (C=O) groups excluding carboxylic acids is 1. The van der Waals surface area contributed by atoms with E-state index in [4.69, 9.17) is 9.84 Å². The van der Waals surface area contributed by atoms with Crippen molar-refractivity contribution in [1.82, 2.24) is 4.90 Å². The maximum absolute atomic E-state index is 13.1. The van der Waals surface area contributed by atoms with E-state index >= 15 is 0 Å². The normalized spacial score (nSPS) is 11.8. The number of hydrogen-bond donors (Lipinski definition) is 1. The van der Waals surface area contributed by atoms with Gasteiger partial charge in [-0.25, -0.2) is 9.18 Å². The fourth-order valence-electron chi connectivity index (χ4n) is 1.55. The van der Waals surface area contributed by atoms with Gasteiger partial charge in [0, 0.05) is 12.6 Å². The molecular weight excluding hydrogens is 253 g/mol. The van der Waals surface area contributed by atoms with Crippen LogP contribution >= 0.6 is 0 Å². The van der Waals surface area contributed by atoms with E-state index in [0.717, 1.165) is 4.90 Å². The SMILES string of the molecule is COc1ccc(F)cc1CC(=O)N(C)C(C)C(=O)O. The summed E-state index contributed by atoms with van der Waals surface area (Å²) in [5.41, 5.74) is 0.386. The van der Waals surface area contributed by atoms with Crippen LogP contribution in [0.15, 0.2) is 18.2 Å². The van der Waals surface area contributed by atoms with Crippen LogP contribution in [0.3, 0.4) is 0 Å². The van der Waals surface area contributed by atoms with Gasteiger partial charge in [-0.2, -0.15) is 0 Å². The summed E-state index contributed by atoms with van der Waals surface area (Å²) < 4.78 is 18.2. The lowest BCUT2D eigenvalue weighted by Gasteiger charge is -2.21. The van der Waals surface area contributed by atoms with Crippen LogP contribution in [0, 0.1) is 5.82 Å². The Hall–Kier alpha value is -2.11. The van der Waals surface area contributed by atoms with Gasteiger partial charge >= 0.3 is 5.97 Å². The minimum Gasteiger partial charge on any atom is -0.496 e. The molecule has 0 fully saturated rings. The van der Waals surface area contributed by atoms with Gasteiger partial charge in [-0.15, -0.1) is 0 Å². The molecule has 19 heavy (non-hydrogen) atoms. The van der Waals surface area contributed by atoms with Crippen molar-refractivity contribution in [2.75, 3.05) is 14.2 Å². The first-order valence-electron chi connectivity index (χ1n) is 5.67. The smallest absolute Gasteiger partial charge is 0.326 e. The highest BCUT2D eigenvalue weighted by atomic mass is 19.1. The van der Waals surface area contributed by atoms with Crippen molar-refractivity contribution in [2.24, 2.45) is 0 Å². The van der Waals surface area contributed by atoms with Gasteiger partial charge in [0.2, 0.25) is 5.91 Å². The van der Waals surface area contributed by atoms with E-state index in [1.807, 2.05) is 0 Å². The van der Waals surface area contributed by atoms with Gasteiger partial charge in [0.1, 0.15) is 17.6 Å². The standard InChI is InChI=1S/C13H16FNO4/c1-8(13(17)18)15(2)12(16)7-9-6-10(14)4-5-11(9)19-3/h4-6,8H,7H2,1-3H3,(H,17,18). The van der Waals surface area contributed by atoms with Crippen LogP contribution < -0.4 is 4.74 Å². The van der Waals surface area contributed by atoms with Crippen molar-refractivity contribution in [3.8, 4) is 5.75 Å². The number of carboxylic acid groups (broad SMARTS) is 1. The number of benzene rings is 1. The maximum Gasteiger partial charge on any atom is 0.326 e. The molecule has 1 aromatic carbocycles. The Labute approximate surface area is 110 Å². The molecule has 0 aromatic heterocycles. The number of rotatable bonds is 5. The number of carbonyl (C=O) groups is 2.